The van der Waals surface area contributed by atoms with Crippen LogP contribution in [-0.4, -0.2) is 22.6 Å². The van der Waals surface area contributed by atoms with Crippen molar-refractivity contribution in [3.8, 4) is 0 Å². The summed E-state index contributed by atoms with van der Waals surface area (Å²) in [5.74, 6) is 2.21. The maximum atomic E-state index is 4.37. The highest BCUT2D eigenvalue weighted by molar-refractivity contribution is 5.11. The van der Waals surface area contributed by atoms with Gasteiger partial charge in [-0.25, -0.2) is 4.98 Å². The van der Waals surface area contributed by atoms with Crippen LogP contribution in [0.5, 0.6) is 0 Å². The maximum Gasteiger partial charge on any atom is 0.0950 e. The molecular weight excluding hydrogens is 222 g/mol. The second kappa shape index (κ2) is 5.87. The predicted octanol–water partition coefficient (Wildman–Crippen LogP) is 3.20. The largest absolute Gasteiger partial charge is 0.332 e. The van der Waals surface area contributed by atoms with Crippen LogP contribution >= 0.6 is 0 Å². The Bertz CT molecular complexity index is 368. The molecule has 1 saturated heterocycles. The van der Waals surface area contributed by atoms with E-state index in [2.05, 4.69) is 48.8 Å². The zero-order valence-electron chi connectivity index (χ0n) is 12.2. The molecule has 1 aromatic rings. The molecule has 3 heteroatoms. The Hall–Kier alpha value is -0.830. The fourth-order valence-corrected chi connectivity index (χ4v) is 3.20. The zero-order valence-corrected chi connectivity index (χ0v) is 12.2. The smallest absolute Gasteiger partial charge is 0.0950 e. The Kier molecular flexibility index (Phi) is 4.44. The van der Waals surface area contributed by atoms with E-state index in [1.807, 2.05) is 6.33 Å². The first-order valence-electron chi connectivity index (χ1n) is 7.32. The third kappa shape index (κ3) is 2.94. The standard InChI is InChI=1S/C15H27N3/c1-11(2)7-13-8-16-6-5-14(13)15-9-17-10-18(15)12(3)4/h9-14,16H,5-8H2,1-4H3. The predicted molar refractivity (Wildman–Crippen MR) is 75.8 cm³/mol. The molecule has 2 unspecified atom stereocenters. The van der Waals surface area contributed by atoms with E-state index in [1.165, 1.54) is 18.5 Å². The molecule has 0 amide bonds. The van der Waals surface area contributed by atoms with Crippen molar-refractivity contribution < 1.29 is 0 Å². The molecule has 18 heavy (non-hydrogen) atoms. The molecule has 0 radical (unpaired) electrons. The van der Waals surface area contributed by atoms with Gasteiger partial charge in [-0.2, -0.15) is 0 Å². The van der Waals surface area contributed by atoms with E-state index in [4.69, 9.17) is 0 Å². The molecule has 0 spiro atoms. The van der Waals surface area contributed by atoms with Crippen molar-refractivity contribution in [1.29, 1.82) is 0 Å². The quantitative estimate of drug-likeness (QED) is 0.888. The Balaban J connectivity index is 2.19. The number of rotatable bonds is 4. The first-order chi connectivity index (χ1) is 8.59. The average molecular weight is 249 g/mol. The number of nitrogens with one attached hydrogen (secondary N) is 1. The van der Waals surface area contributed by atoms with Crippen LogP contribution in [0.1, 0.15) is 58.2 Å². The molecule has 1 aromatic heterocycles. The first-order valence-corrected chi connectivity index (χ1v) is 7.32. The van der Waals surface area contributed by atoms with E-state index in [-0.39, 0.29) is 0 Å². The number of piperidine rings is 1. The van der Waals surface area contributed by atoms with E-state index in [9.17, 15) is 0 Å². The molecule has 0 aliphatic carbocycles. The highest BCUT2D eigenvalue weighted by atomic mass is 15.1. The van der Waals surface area contributed by atoms with Crippen LogP contribution in [0, 0.1) is 11.8 Å². The van der Waals surface area contributed by atoms with Gasteiger partial charge in [-0.15, -0.1) is 0 Å². The highest BCUT2D eigenvalue weighted by Gasteiger charge is 2.29. The van der Waals surface area contributed by atoms with Gasteiger partial charge >= 0.3 is 0 Å². The lowest BCUT2D eigenvalue weighted by Crippen LogP contribution is -2.37. The number of imidazole rings is 1. The van der Waals surface area contributed by atoms with Crippen molar-refractivity contribution in [1.82, 2.24) is 14.9 Å². The molecule has 2 rings (SSSR count). The molecule has 0 aromatic carbocycles. The van der Waals surface area contributed by atoms with Crippen LogP contribution in [0.2, 0.25) is 0 Å². The molecule has 1 aliphatic heterocycles. The van der Waals surface area contributed by atoms with Gasteiger partial charge in [0, 0.05) is 23.9 Å². The Labute approximate surface area is 111 Å². The van der Waals surface area contributed by atoms with Crippen molar-refractivity contribution in [2.45, 2.75) is 52.5 Å². The lowest BCUT2D eigenvalue weighted by molar-refractivity contribution is 0.270. The molecule has 2 heterocycles. The molecular formula is C15H27N3. The summed E-state index contributed by atoms with van der Waals surface area (Å²) >= 11 is 0. The van der Waals surface area contributed by atoms with E-state index in [0.717, 1.165) is 24.9 Å². The van der Waals surface area contributed by atoms with E-state index in [0.29, 0.717) is 12.0 Å². The summed E-state index contributed by atoms with van der Waals surface area (Å²) in [5.41, 5.74) is 1.44. The fourth-order valence-electron chi connectivity index (χ4n) is 3.20. The van der Waals surface area contributed by atoms with Gasteiger partial charge in [-0.3, -0.25) is 0 Å². The lowest BCUT2D eigenvalue weighted by Gasteiger charge is -2.34. The van der Waals surface area contributed by atoms with Crippen molar-refractivity contribution in [2.24, 2.45) is 11.8 Å². The van der Waals surface area contributed by atoms with Gasteiger partial charge in [0.05, 0.1) is 6.33 Å². The Morgan fingerprint density at radius 1 is 1.39 bits per heavy atom. The third-order valence-electron chi connectivity index (χ3n) is 4.01. The van der Waals surface area contributed by atoms with Gasteiger partial charge in [-0.1, -0.05) is 13.8 Å². The normalized spacial score (nSPS) is 25.0. The molecule has 2 atom stereocenters. The lowest BCUT2D eigenvalue weighted by atomic mass is 9.79. The van der Waals surface area contributed by atoms with Gasteiger partial charge < -0.3 is 9.88 Å². The monoisotopic (exact) mass is 249 g/mol. The van der Waals surface area contributed by atoms with Gasteiger partial charge in [-0.05, 0) is 51.6 Å². The van der Waals surface area contributed by atoms with Crippen LogP contribution in [0.3, 0.4) is 0 Å². The van der Waals surface area contributed by atoms with Crippen molar-refractivity contribution in [2.75, 3.05) is 13.1 Å². The summed E-state index contributed by atoms with van der Waals surface area (Å²) < 4.78 is 2.35. The average Bonchev–Trinajstić information content (AvgIpc) is 2.77. The minimum absolute atomic E-state index is 0.511. The van der Waals surface area contributed by atoms with Crippen LogP contribution < -0.4 is 5.32 Å². The van der Waals surface area contributed by atoms with E-state index in [1.54, 1.807) is 0 Å². The van der Waals surface area contributed by atoms with E-state index < -0.39 is 0 Å². The molecule has 1 aliphatic rings. The molecule has 1 fully saturated rings. The molecule has 102 valence electrons. The maximum absolute atomic E-state index is 4.37. The van der Waals surface area contributed by atoms with Gasteiger partial charge in [0.2, 0.25) is 0 Å². The Morgan fingerprint density at radius 3 is 2.83 bits per heavy atom. The number of nitrogens with zero attached hydrogens (tertiary/aromatic N) is 2. The summed E-state index contributed by atoms with van der Waals surface area (Å²) in [6.07, 6.45) is 6.63. The van der Waals surface area contributed by atoms with Crippen molar-refractivity contribution in [3.05, 3.63) is 18.2 Å². The third-order valence-corrected chi connectivity index (χ3v) is 4.01. The van der Waals surface area contributed by atoms with E-state index >= 15 is 0 Å². The van der Waals surface area contributed by atoms with Crippen LogP contribution in [0.25, 0.3) is 0 Å². The van der Waals surface area contributed by atoms with Crippen LogP contribution in [-0.2, 0) is 0 Å². The number of hydrogen-bond acceptors (Lipinski definition) is 2. The topological polar surface area (TPSA) is 29.9 Å². The van der Waals surface area contributed by atoms with Gasteiger partial charge in [0.1, 0.15) is 0 Å². The molecule has 0 saturated carbocycles. The number of aromatic nitrogens is 2. The first kappa shape index (κ1) is 13.6. The fraction of sp³-hybridized carbons (Fsp3) is 0.800. The summed E-state index contributed by atoms with van der Waals surface area (Å²) in [5, 5.41) is 3.55. The minimum Gasteiger partial charge on any atom is -0.332 e. The summed E-state index contributed by atoms with van der Waals surface area (Å²) in [4.78, 5) is 4.37. The van der Waals surface area contributed by atoms with Crippen molar-refractivity contribution in [3.63, 3.8) is 0 Å². The van der Waals surface area contributed by atoms with Crippen LogP contribution in [0.15, 0.2) is 12.5 Å². The zero-order chi connectivity index (χ0) is 13.1. The SMILES string of the molecule is CC(C)CC1CNCCC1c1cncn1C(C)C. The highest BCUT2D eigenvalue weighted by Crippen LogP contribution is 2.34. The van der Waals surface area contributed by atoms with Crippen molar-refractivity contribution >= 4 is 0 Å². The van der Waals surface area contributed by atoms with Crippen LogP contribution in [0.4, 0.5) is 0 Å². The molecule has 3 nitrogen and oxygen atoms in total. The number of hydrogen-bond donors (Lipinski definition) is 1. The molecule has 1 N–H and O–H groups in total. The minimum atomic E-state index is 0.511. The van der Waals surface area contributed by atoms with Gasteiger partial charge in [0.15, 0.2) is 0 Å². The summed E-state index contributed by atoms with van der Waals surface area (Å²) in [6.45, 7) is 11.4. The second-order valence-electron chi connectivity index (χ2n) is 6.31. The molecule has 0 bridgehead atoms. The van der Waals surface area contributed by atoms with Gasteiger partial charge in [0.25, 0.3) is 0 Å². The Morgan fingerprint density at radius 2 is 2.17 bits per heavy atom. The second-order valence-corrected chi connectivity index (χ2v) is 6.31. The summed E-state index contributed by atoms with van der Waals surface area (Å²) in [6, 6.07) is 0.511. The summed E-state index contributed by atoms with van der Waals surface area (Å²) in [7, 11) is 0.